The minimum absolute atomic E-state index is 0.138. The average molecular weight is 411 g/mol. The standard InChI is InChI=1S/C23H30N4O3/c1-15-6-8-17(23(29)27-19-4-2-3-5-21(19)28)10-20(15)24-11-16-7-9-22(25-12-16)26-18-13-30-14-18/h6-10,12,18-19,21,24,28H,2-5,11,13-14H2,1H3,(H,25,26)(H,27,29)/t19-,21-/m0/s1. The Morgan fingerprint density at radius 3 is 2.73 bits per heavy atom. The Bertz CT molecular complexity index is 867. The lowest BCUT2D eigenvalue weighted by molar-refractivity contribution is 0.0209. The molecule has 2 aliphatic rings. The molecule has 2 fully saturated rings. The maximum Gasteiger partial charge on any atom is 0.251 e. The number of aromatic nitrogens is 1. The van der Waals surface area contributed by atoms with Crippen molar-refractivity contribution >= 4 is 17.4 Å². The van der Waals surface area contributed by atoms with Crippen LogP contribution >= 0.6 is 0 Å². The molecule has 30 heavy (non-hydrogen) atoms. The molecule has 2 aromatic rings. The van der Waals surface area contributed by atoms with Gasteiger partial charge in [-0.2, -0.15) is 0 Å². The van der Waals surface area contributed by atoms with Crippen LogP contribution < -0.4 is 16.0 Å². The fourth-order valence-corrected chi connectivity index (χ4v) is 3.82. The van der Waals surface area contributed by atoms with E-state index in [2.05, 4.69) is 20.9 Å². The molecule has 1 saturated carbocycles. The van der Waals surface area contributed by atoms with Gasteiger partial charge in [-0.25, -0.2) is 4.98 Å². The Hall–Kier alpha value is -2.64. The van der Waals surface area contributed by atoms with Gasteiger partial charge in [-0.1, -0.05) is 25.0 Å². The van der Waals surface area contributed by atoms with Crippen molar-refractivity contribution in [3.8, 4) is 0 Å². The van der Waals surface area contributed by atoms with Gasteiger partial charge in [-0.15, -0.1) is 0 Å². The number of benzene rings is 1. The molecule has 1 aromatic carbocycles. The summed E-state index contributed by atoms with van der Waals surface area (Å²) in [5, 5.41) is 19.8. The van der Waals surface area contributed by atoms with Gasteiger partial charge in [0.2, 0.25) is 0 Å². The Balaban J connectivity index is 1.35. The lowest BCUT2D eigenvalue weighted by Gasteiger charge is -2.28. The number of hydrogen-bond donors (Lipinski definition) is 4. The van der Waals surface area contributed by atoms with Crippen LogP contribution in [0.5, 0.6) is 0 Å². The molecule has 7 heteroatoms. The summed E-state index contributed by atoms with van der Waals surface area (Å²) in [7, 11) is 0. The molecule has 1 aromatic heterocycles. The van der Waals surface area contributed by atoms with Crippen LogP contribution in [0.2, 0.25) is 0 Å². The van der Waals surface area contributed by atoms with Gasteiger partial charge in [0.1, 0.15) is 5.82 Å². The minimum Gasteiger partial charge on any atom is -0.391 e. The molecule has 2 heterocycles. The number of amides is 1. The van der Waals surface area contributed by atoms with Crippen molar-refractivity contribution in [3.05, 3.63) is 53.2 Å². The summed E-state index contributed by atoms with van der Waals surface area (Å²) in [6.07, 6.45) is 5.04. The lowest BCUT2D eigenvalue weighted by atomic mass is 9.92. The molecule has 2 atom stereocenters. The number of anilines is 2. The molecule has 1 saturated heterocycles. The third-order valence-corrected chi connectivity index (χ3v) is 5.84. The number of carbonyl (C=O) groups excluding carboxylic acids is 1. The number of nitrogens with zero attached hydrogens (tertiary/aromatic N) is 1. The van der Waals surface area contributed by atoms with E-state index in [0.29, 0.717) is 18.2 Å². The van der Waals surface area contributed by atoms with Crippen LogP contribution in [0.4, 0.5) is 11.5 Å². The van der Waals surface area contributed by atoms with E-state index in [1.807, 2.05) is 43.5 Å². The summed E-state index contributed by atoms with van der Waals surface area (Å²) in [6, 6.07) is 9.86. The van der Waals surface area contributed by atoms with Crippen molar-refractivity contribution in [2.24, 2.45) is 0 Å². The number of aliphatic hydroxyl groups excluding tert-OH is 1. The second-order valence-corrected chi connectivity index (χ2v) is 8.25. The van der Waals surface area contributed by atoms with Crippen LogP contribution in [-0.2, 0) is 11.3 Å². The van der Waals surface area contributed by atoms with E-state index in [9.17, 15) is 9.90 Å². The molecule has 0 bridgehead atoms. The van der Waals surface area contributed by atoms with Crippen molar-refractivity contribution in [3.63, 3.8) is 0 Å². The van der Waals surface area contributed by atoms with Gasteiger partial charge in [-0.05, 0) is 49.1 Å². The number of aryl methyl sites for hydroxylation is 1. The van der Waals surface area contributed by atoms with Gasteiger partial charge < -0.3 is 25.8 Å². The third-order valence-electron chi connectivity index (χ3n) is 5.84. The fourth-order valence-electron chi connectivity index (χ4n) is 3.82. The zero-order valence-electron chi connectivity index (χ0n) is 17.4. The van der Waals surface area contributed by atoms with Gasteiger partial charge in [-0.3, -0.25) is 4.79 Å². The molecule has 0 unspecified atom stereocenters. The number of nitrogens with one attached hydrogen (secondary N) is 3. The van der Waals surface area contributed by atoms with Crippen LogP contribution in [0.1, 0.15) is 47.2 Å². The normalized spacial score (nSPS) is 21.5. The van der Waals surface area contributed by atoms with Gasteiger partial charge in [0.15, 0.2) is 0 Å². The molecule has 4 N–H and O–H groups in total. The smallest absolute Gasteiger partial charge is 0.251 e. The summed E-state index contributed by atoms with van der Waals surface area (Å²) in [5.74, 6) is 0.716. The van der Waals surface area contributed by atoms with Crippen LogP contribution in [0.3, 0.4) is 0 Å². The van der Waals surface area contributed by atoms with Crippen molar-refractivity contribution < 1.29 is 14.6 Å². The summed E-state index contributed by atoms with van der Waals surface area (Å²) < 4.78 is 5.16. The Morgan fingerprint density at radius 2 is 2.03 bits per heavy atom. The van der Waals surface area contributed by atoms with Crippen molar-refractivity contribution in [1.82, 2.24) is 10.3 Å². The second-order valence-electron chi connectivity index (χ2n) is 8.25. The molecule has 1 aliphatic carbocycles. The van der Waals surface area contributed by atoms with E-state index in [4.69, 9.17) is 4.74 Å². The number of pyridine rings is 1. The highest BCUT2D eigenvalue weighted by Gasteiger charge is 2.25. The first-order valence-electron chi connectivity index (χ1n) is 10.7. The van der Waals surface area contributed by atoms with Gasteiger partial charge in [0.25, 0.3) is 5.91 Å². The predicted octanol–water partition coefficient (Wildman–Crippen LogP) is 2.85. The topological polar surface area (TPSA) is 95.5 Å². The molecular weight excluding hydrogens is 380 g/mol. The minimum atomic E-state index is -0.451. The van der Waals surface area contributed by atoms with E-state index >= 15 is 0 Å². The Morgan fingerprint density at radius 1 is 1.20 bits per heavy atom. The van der Waals surface area contributed by atoms with Crippen molar-refractivity contribution in [2.75, 3.05) is 23.8 Å². The summed E-state index contributed by atoms with van der Waals surface area (Å²) in [6.45, 7) is 4.09. The number of hydrogen-bond acceptors (Lipinski definition) is 6. The fraction of sp³-hybridized carbons (Fsp3) is 0.478. The molecule has 1 aliphatic heterocycles. The zero-order valence-corrected chi connectivity index (χ0v) is 17.4. The Kier molecular flexibility index (Phi) is 6.50. The molecule has 4 rings (SSSR count). The summed E-state index contributed by atoms with van der Waals surface area (Å²) >= 11 is 0. The molecule has 1 amide bonds. The van der Waals surface area contributed by atoms with Crippen LogP contribution in [0.15, 0.2) is 36.5 Å². The predicted molar refractivity (Wildman–Crippen MR) is 117 cm³/mol. The van der Waals surface area contributed by atoms with E-state index in [1.54, 1.807) is 0 Å². The maximum atomic E-state index is 12.7. The molecule has 160 valence electrons. The third kappa shape index (κ3) is 5.09. The van der Waals surface area contributed by atoms with Crippen LogP contribution in [0.25, 0.3) is 0 Å². The zero-order chi connectivity index (χ0) is 20.9. The molecule has 0 spiro atoms. The van der Waals surface area contributed by atoms with E-state index in [-0.39, 0.29) is 11.9 Å². The van der Waals surface area contributed by atoms with E-state index in [0.717, 1.165) is 61.5 Å². The SMILES string of the molecule is Cc1ccc(C(=O)N[C@H]2CCCC[C@@H]2O)cc1NCc1ccc(NC2COC2)nc1. The summed E-state index contributed by atoms with van der Waals surface area (Å²) in [5.41, 5.74) is 3.65. The van der Waals surface area contributed by atoms with Crippen molar-refractivity contribution in [1.29, 1.82) is 0 Å². The van der Waals surface area contributed by atoms with Gasteiger partial charge in [0.05, 0.1) is 31.4 Å². The number of aliphatic hydroxyl groups is 1. The molecule has 0 radical (unpaired) electrons. The number of rotatable bonds is 7. The van der Waals surface area contributed by atoms with E-state index in [1.165, 1.54) is 0 Å². The number of ether oxygens (including phenoxy) is 1. The summed E-state index contributed by atoms with van der Waals surface area (Å²) in [4.78, 5) is 17.1. The highest BCUT2D eigenvalue weighted by Crippen LogP contribution is 2.21. The van der Waals surface area contributed by atoms with E-state index < -0.39 is 6.10 Å². The van der Waals surface area contributed by atoms with Gasteiger partial charge >= 0.3 is 0 Å². The first-order chi connectivity index (χ1) is 14.6. The lowest BCUT2D eigenvalue weighted by Crippen LogP contribution is -2.45. The highest BCUT2D eigenvalue weighted by atomic mass is 16.5. The molecular formula is C23H30N4O3. The second kappa shape index (κ2) is 9.45. The quantitative estimate of drug-likeness (QED) is 0.561. The highest BCUT2D eigenvalue weighted by molar-refractivity contribution is 5.95. The first kappa shape index (κ1) is 20.6. The Labute approximate surface area is 177 Å². The monoisotopic (exact) mass is 410 g/mol. The first-order valence-corrected chi connectivity index (χ1v) is 10.7. The van der Waals surface area contributed by atoms with Crippen LogP contribution in [-0.4, -0.2) is 47.4 Å². The van der Waals surface area contributed by atoms with Crippen molar-refractivity contribution in [2.45, 2.75) is 57.3 Å². The molecule has 7 nitrogen and oxygen atoms in total. The van der Waals surface area contributed by atoms with Crippen LogP contribution in [0, 0.1) is 6.92 Å². The average Bonchev–Trinajstić information content (AvgIpc) is 2.72. The largest absolute Gasteiger partial charge is 0.391 e. The van der Waals surface area contributed by atoms with Gasteiger partial charge in [0, 0.05) is 24.0 Å². The maximum absolute atomic E-state index is 12.7. The number of carbonyl (C=O) groups is 1.